The summed E-state index contributed by atoms with van der Waals surface area (Å²) in [5.74, 6) is -0.462. The summed E-state index contributed by atoms with van der Waals surface area (Å²) in [5.41, 5.74) is 0.683. The maximum atomic E-state index is 12.7. The highest BCUT2D eigenvalue weighted by atomic mass is 31.2. The number of ether oxygens (including phenoxy) is 1. The number of aromatic nitrogens is 3. The third kappa shape index (κ3) is 6.71. The summed E-state index contributed by atoms with van der Waals surface area (Å²) in [6, 6.07) is 0. The third-order valence-electron chi connectivity index (χ3n) is 3.11. The van der Waals surface area contributed by atoms with Crippen LogP contribution in [-0.2, 0) is 35.1 Å². The van der Waals surface area contributed by atoms with Gasteiger partial charge in [-0.25, -0.2) is 4.68 Å². The Labute approximate surface area is 143 Å². The van der Waals surface area contributed by atoms with Gasteiger partial charge in [-0.05, 0) is 13.8 Å². The average Bonchev–Trinajstić information content (AvgIpc) is 2.86. The predicted octanol–water partition coefficient (Wildman–Crippen LogP) is 2.77. The van der Waals surface area contributed by atoms with Gasteiger partial charge in [0.25, 0.3) is 0 Å². The van der Waals surface area contributed by atoms with Crippen molar-refractivity contribution < 1.29 is 23.1 Å². The molecule has 1 atom stereocenters. The van der Waals surface area contributed by atoms with Crippen molar-refractivity contribution in [3.8, 4) is 0 Å². The molecule has 0 aliphatic carbocycles. The largest absolute Gasteiger partial charge is 0.460 e. The molecule has 0 aliphatic heterocycles. The molecule has 0 aromatic carbocycles. The molecule has 0 amide bonds. The van der Waals surface area contributed by atoms with Crippen LogP contribution in [0.4, 0.5) is 0 Å². The molecule has 24 heavy (non-hydrogen) atoms. The van der Waals surface area contributed by atoms with E-state index in [4.69, 9.17) is 13.8 Å². The zero-order valence-corrected chi connectivity index (χ0v) is 16.2. The number of rotatable bonds is 9. The normalized spacial score (nSPS) is 13.8. The van der Waals surface area contributed by atoms with Crippen LogP contribution in [0.3, 0.4) is 0 Å². The van der Waals surface area contributed by atoms with Gasteiger partial charge in [0, 0.05) is 18.5 Å². The monoisotopic (exact) mass is 361 g/mol. The quantitative estimate of drug-likeness (QED) is 0.493. The first kappa shape index (κ1) is 20.8. The van der Waals surface area contributed by atoms with Crippen molar-refractivity contribution in [1.29, 1.82) is 0 Å². The summed E-state index contributed by atoms with van der Waals surface area (Å²) in [5, 5.41) is 8.19. The molecule has 1 heterocycles. The van der Waals surface area contributed by atoms with Crippen LogP contribution >= 0.6 is 7.60 Å². The maximum absolute atomic E-state index is 12.7. The van der Waals surface area contributed by atoms with Gasteiger partial charge in [0.05, 0.1) is 31.6 Å². The molecular weight excluding hydrogens is 333 g/mol. The van der Waals surface area contributed by atoms with Crippen LogP contribution in [0.15, 0.2) is 6.20 Å². The van der Waals surface area contributed by atoms with E-state index in [-0.39, 0.29) is 31.3 Å². The molecule has 0 bridgehead atoms. The van der Waals surface area contributed by atoms with Crippen LogP contribution in [0.25, 0.3) is 0 Å². The SMILES string of the molecule is CCOP(=O)(CC(Cn1cc(C(C)(C)C)nn1)OC(C)=O)OCC. The lowest BCUT2D eigenvalue weighted by molar-refractivity contribution is -0.146. The maximum Gasteiger partial charge on any atom is 0.334 e. The average molecular weight is 361 g/mol. The van der Waals surface area contributed by atoms with Crippen LogP contribution < -0.4 is 0 Å². The van der Waals surface area contributed by atoms with Gasteiger partial charge in [-0.3, -0.25) is 9.36 Å². The third-order valence-corrected chi connectivity index (χ3v) is 5.27. The van der Waals surface area contributed by atoms with Crippen LogP contribution in [0.5, 0.6) is 0 Å². The highest BCUT2D eigenvalue weighted by molar-refractivity contribution is 7.53. The van der Waals surface area contributed by atoms with Crippen molar-refractivity contribution in [1.82, 2.24) is 15.0 Å². The Balaban J connectivity index is 2.90. The van der Waals surface area contributed by atoms with Crippen molar-refractivity contribution in [2.45, 2.75) is 59.6 Å². The Morgan fingerprint density at radius 1 is 1.29 bits per heavy atom. The minimum Gasteiger partial charge on any atom is -0.460 e. The van der Waals surface area contributed by atoms with Gasteiger partial charge >= 0.3 is 13.6 Å². The van der Waals surface area contributed by atoms with E-state index in [9.17, 15) is 9.36 Å². The second-order valence-corrected chi connectivity index (χ2v) is 8.54. The van der Waals surface area contributed by atoms with Gasteiger partial charge in [-0.2, -0.15) is 0 Å². The topological polar surface area (TPSA) is 92.5 Å². The van der Waals surface area contributed by atoms with E-state index in [0.29, 0.717) is 0 Å². The molecule has 1 rings (SSSR count). The molecule has 1 unspecified atom stereocenters. The molecule has 1 aromatic heterocycles. The van der Waals surface area contributed by atoms with Gasteiger partial charge in [0.1, 0.15) is 6.10 Å². The zero-order valence-electron chi connectivity index (χ0n) is 15.3. The van der Waals surface area contributed by atoms with Crippen LogP contribution in [-0.4, -0.2) is 46.4 Å². The van der Waals surface area contributed by atoms with Gasteiger partial charge in [0.2, 0.25) is 0 Å². The summed E-state index contributed by atoms with van der Waals surface area (Å²) in [6.45, 7) is 11.6. The first-order chi connectivity index (χ1) is 11.1. The summed E-state index contributed by atoms with van der Waals surface area (Å²) < 4.78 is 30.1. The molecule has 9 heteroatoms. The fourth-order valence-electron chi connectivity index (χ4n) is 2.09. The van der Waals surface area contributed by atoms with Crippen molar-refractivity contribution in [3.05, 3.63) is 11.9 Å². The van der Waals surface area contributed by atoms with Crippen LogP contribution in [0, 0.1) is 0 Å². The molecule has 0 fully saturated rings. The summed E-state index contributed by atoms with van der Waals surface area (Å²) >= 11 is 0. The number of nitrogens with zero attached hydrogens (tertiary/aromatic N) is 3. The van der Waals surface area contributed by atoms with Gasteiger partial charge in [-0.1, -0.05) is 26.0 Å². The Morgan fingerprint density at radius 3 is 2.29 bits per heavy atom. The van der Waals surface area contributed by atoms with E-state index < -0.39 is 19.7 Å². The molecule has 0 radical (unpaired) electrons. The van der Waals surface area contributed by atoms with Crippen molar-refractivity contribution >= 4 is 13.6 Å². The predicted molar refractivity (Wildman–Crippen MR) is 90.0 cm³/mol. The molecule has 8 nitrogen and oxygen atoms in total. The van der Waals surface area contributed by atoms with E-state index in [0.717, 1.165) is 5.69 Å². The van der Waals surface area contributed by atoms with E-state index in [1.165, 1.54) is 6.92 Å². The summed E-state index contributed by atoms with van der Waals surface area (Å²) in [6.07, 6.45) is 1.09. The number of carbonyl (C=O) groups is 1. The van der Waals surface area contributed by atoms with Gasteiger partial charge < -0.3 is 13.8 Å². The Kier molecular flexibility index (Phi) is 7.57. The van der Waals surface area contributed by atoms with Crippen molar-refractivity contribution in [3.63, 3.8) is 0 Å². The number of carbonyl (C=O) groups excluding carboxylic acids is 1. The van der Waals surface area contributed by atoms with Crippen LogP contribution in [0.2, 0.25) is 0 Å². The molecular formula is C15H28N3O5P. The van der Waals surface area contributed by atoms with E-state index >= 15 is 0 Å². The van der Waals surface area contributed by atoms with Crippen molar-refractivity contribution in [2.24, 2.45) is 0 Å². The molecule has 1 aromatic rings. The number of hydrogen-bond acceptors (Lipinski definition) is 7. The summed E-state index contributed by atoms with van der Waals surface area (Å²) in [7, 11) is -3.33. The molecule has 0 saturated carbocycles. The summed E-state index contributed by atoms with van der Waals surface area (Å²) in [4.78, 5) is 11.4. The second-order valence-electron chi connectivity index (χ2n) is 6.44. The number of esters is 1. The minimum atomic E-state index is -3.33. The zero-order chi connectivity index (χ0) is 18.4. The minimum absolute atomic E-state index is 0.0288. The number of hydrogen-bond donors (Lipinski definition) is 0. The fourth-order valence-corrected chi connectivity index (χ4v) is 3.85. The molecule has 0 aliphatic rings. The van der Waals surface area contributed by atoms with Crippen molar-refractivity contribution in [2.75, 3.05) is 19.4 Å². The fraction of sp³-hybridized carbons (Fsp3) is 0.800. The molecule has 138 valence electrons. The standard InChI is InChI=1S/C15H28N3O5P/c1-7-21-24(20,22-8-2)11-13(23-12(3)19)9-18-10-14(16-17-18)15(4,5)6/h10,13H,7-9,11H2,1-6H3. The highest BCUT2D eigenvalue weighted by Gasteiger charge is 2.31. The van der Waals surface area contributed by atoms with Gasteiger partial charge in [0.15, 0.2) is 0 Å². The molecule has 0 spiro atoms. The lowest BCUT2D eigenvalue weighted by Gasteiger charge is -2.22. The second kappa shape index (κ2) is 8.74. The first-order valence-corrected chi connectivity index (χ1v) is 9.78. The highest BCUT2D eigenvalue weighted by Crippen LogP contribution is 2.49. The first-order valence-electron chi connectivity index (χ1n) is 8.05. The Bertz CT molecular complexity index is 572. The smallest absolute Gasteiger partial charge is 0.334 e. The lowest BCUT2D eigenvalue weighted by atomic mass is 9.93. The van der Waals surface area contributed by atoms with E-state index in [2.05, 4.69) is 10.3 Å². The Hall–Kier alpha value is -1.24. The molecule has 0 N–H and O–H groups in total. The van der Waals surface area contributed by atoms with E-state index in [1.54, 1.807) is 24.7 Å². The van der Waals surface area contributed by atoms with Gasteiger partial charge in [-0.15, -0.1) is 5.10 Å². The lowest BCUT2D eigenvalue weighted by Crippen LogP contribution is -2.27. The molecule has 0 saturated heterocycles. The van der Waals surface area contributed by atoms with Crippen LogP contribution in [0.1, 0.15) is 47.2 Å². The van der Waals surface area contributed by atoms with E-state index in [1.807, 2.05) is 20.8 Å². The Morgan fingerprint density at radius 2 is 1.88 bits per heavy atom.